The summed E-state index contributed by atoms with van der Waals surface area (Å²) in [6.07, 6.45) is 5.85. The molecule has 49 valence electrons. The van der Waals surface area contributed by atoms with E-state index < -0.39 is 0 Å². The van der Waals surface area contributed by atoms with E-state index in [1.807, 2.05) is 0 Å². The minimum Gasteiger partial charge on any atom is -0.385 e. The van der Waals surface area contributed by atoms with Gasteiger partial charge < -0.3 is 4.74 Å². The number of rotatable bonds is 5. The highest BCUT2D eigenvalue weighted by Gasteiger charge is 1.83. The van der Waals surface area contributed by atoms with Crippen LogP contribution in [0.1, 0.15) is 26.2 Å². The minimum absolute atomic E-state index is 0.875. The summed E-state index contributed by atoms with van der Waals surface area (Å²) in [5.41, 5.74) is 0. The van der Waals surface area contributed by atoms with E-state index >= 15 is 0 Å². The summed E-state index contributed by atoms with van der Waals surface area (Å²) in [7, 11) is 1.74. The summed E-state index contributed by atoms with van der Waals surface area (Å²) in [5, 5.41) is 0. The minimum atomic E-state index is 0.875. The Morgan fingerprint density at radius 2 is 2.12 bits per heavy atom. The molecule has 0 rings (SSSR count). The maximum Gasteiger partial charge on any atom is 0.0465 e. The molecule has 0 saturated heterocycles. The Morgan fingerprint density at radius 1 is 1.38 bits per heavy atom. The Balaban J connectivity index is 2.53. The molecule has 0 amide bonds. The first-order chi connectivity index (χ1) is 3.91. The van der Waals surface area contributed by atoms with Gasteiger partial charge in [-0.15, -0.1) is 0 Å². The summed E-state index contributed by atoms with van der Waals surface area (Å²) in [6.45, 7) is 3.06. The Labute approximate surface area is 52.0 Å². The van der Waals surface area contributed by atoms with Gasteiger partial charge in [0.25, 0.3) is 0 Å². The molecule has 0 aromatic rings. The fourth-order valence-electron chi connectivity index (χ4n) is 0.550. The fraction of sp³-hybridized carbons (Fsp3) is 0.857. The zero-order valence-corrected chi connectivity index (χ0v) is 5.81. The van der Waals surface area contributed by atoms with Crippen molar-refractivity contribution in [1.82, 2.24) is 0 Å². The van der Waals surface area contributed by atoms with Crippen molar-refractivity contribution in [2.75, 3.05) is 13.7 Å². The summed E-state index contributed by atoms with van der Waals surface area (Å²) >= 11 is 0. The predicted octanol–water partition coefficient (Wildman–Crippen LogP) is 2.03. The first kappa shape index (κ1) is 7.96. The van der Waals surface area contributed by atoms with Gasteiger partial charge in [0.1, 0.15) is 0 Å². The van der Waals surface area contributed by atoms with Crippen LogP contribution in [0.3, 0.4) is 0 Å². The van der Waals surface area contributed by atoms with Gasteiger partial charge in [-0.25, -0.2) is 0 Å². The third-order valence-corrected chi connectivity index (χ3v) is 1.02. The molecule has 0 bridgehead atoms. The van der Waals surface area contributed by atoms with Gasteiger partial charge >= 0.3 is 0 Å². The maximum absolute atomic E-state index is 4.86. The molecule has 0 N–H and O–H groups in total. The second kappa shape index (κ2) is 6.96. The number of ether oxygens (including phenoxy) is 1. The SMILES string of the molecule is CCC[CH]CCOC. The molecule has 0 aliphatic rings. The molecule has 8 heavy (non-hydrogen) atoms. The number of unbranched alkanes of at least 4 members (excludes halogenated alkanes) is 3. The Hall–Kier alpha value is -0.0400. The lowest BCUT2D eigenvalue weighted by Gasteiger charge is -1.94. The monoisotopic (exact) mass is 115 g/mol. The van der Waals surface area contributed by atoms with E-state index in [0.29, 0.717) is 0 Å². The highest BCUT2D eigenvalue weighted by Crippen LogP contribution is 1.95. The van der Waals surface area contributed by atoms with E-state index in [1.165, 1.54) is 12.8 Å². The van der Waals surface area contributed by atoms with Crippen LogP contribution in [0.4, 0.5) is 0 Å². The van der Waals surface area contributed by atoms with Gasteiger partial charge in [0, 0.05) is 13.7 Å². The van der Waals surface area contributed by atoms with Gasteiger partial charge in [-0.05, 0) is 12.8 Å². The van der Waals surface area contributed by atoms with Crippen LogP contribution in [-0.2, 0) is 4.74 Å². The number of hydrogen-bond donors (Lipinski definition) is 0. The molecule has 0 heterocycles. The molecule has 1 nitrogen and oxygen atoms in total. The molecule has 1 heteroatoms. The molecule has 1 radical (unpaired) electrons. The van der Waals surface area contributed by atoms with Crippen molar-refractivity contribution in [3.8, 4) is 0 Å². The summed E-state index contributed by atoms with van der Waals surface area (Å²) in [4.78, 5) is 0. The van der Waals surface area contributed by atoms with Crippen molar-refractivity contribution in [3.05, 3.63) is 6.42 Å². The molecular weight excluding hydrogens is 100 g/mol. The van der Waals surface area contributed by atoms with E-state index in [4.69, 9.17) is 4.74 Å². The van der Waals surface area contributed by atoms with Crippen LogP contribution >= 0.6 is 0 Å². The van der Waals surface area contributed by atoms with E-state index in [1.54, 1.807) is 7.11 Å². The standard InChI is InChI=1S/C7H15O/c1-3-4-5-6-7-8-2/h5H,3-4,6-7H2,1-2H3. The van der Waals surface area contributed by atoms with Crippen LogP contribution in [0.2, 0.25) is 0 Å². The molecule has 0 aliphatic carbocycles. The largest absolute Gasteiger partial charge is 0.385 e. The second-order valence-electron chi connectivity index (χ2n) is 1.86. The van der Waals surface area contributed by atoms with Gasteiger partial charge in [-0.1, -0.05) is 19.8 Å². The molecule has 0 aliphatic heterocycles. The van der Waals surface area contributed by atoms with Crippen molar-refractivity contribution >= 4 is 0 Å². The zero-order chi connectivity index (χ0) is 6.24. The van der Waals surface area contributed by atoms with Crippen molar-refractivity contribution in [2.24, 2.45) is 0 Å². The zero-order valence-electron chi connectivity index (χ0n) is 5.81. The molecule has 0 atom stereocenters. The molecule has 0 unspecified atom stereocenters. The quantitative estimate of drug-likeness (QED) is 0.498. The molecule has 0 spiro atoms. The average Bonchev–Trinajstić information content (AvgIpc) is 1.81. The predicted molar refractivity (Wildman–Crippen MR) is 35.7 cm³/mol. The Morgan fingerprint density at radius 3 is 2.62 bits per heavy atom. The summed E-state index contributed by atoms with van der Waals surface area (Å²) < 4.78 is 4.86. The number of hydrogen-bond acceptors (Lipinski definition) is 1. The van der Waals surface area contributed by atoms with Crippen molar-refractivity contribution < 1.29 is 4.74 Å². The lowest BCUT2D eigenvalue weighted by atomic mass is 10.2. The first-order valence-corrected chi connectivity index (χ1v) is 3.22. The molecule has 0 fully saturated rings. The maximum atomic E-state index is 4.86. The summed E-state index contributed by atoms with van der Waals surface area (Å²) in [5.74, 6) is 0. The Bertz CT molecular complexity index is 29.4. The first-order valence-electron chi connectivity index (χ1n) is 3.22. The average molecular weight is 115 g/mol. The van der Waals surface area contributed by atoms with Gasteiger partial charge in [-0.2, -0.15) is 0 Å². The molecule has 0 saturated carbocycles. The van der Waals surface area contributed by atoms with Crippen LogP contribution in [0, 0.1) is 6.42 Å². The molecule has 0 aromatic carbocycles. The topological polar surface area (TPSA) is 9.23 Å². The van der Waals surface area contributed by atoms with Gasteiger partial charge in [0.2, 0.25) is 0 Å². The normalized spacial score (nSPS) is 9.75. The highest BCUT2D eigenvalue weighted by atomic mass is 16.5. The summed E-state index contributed by atoms with van der Waals surface area (Å²) in [6, 6.07) is 0. The number of methoxy groups -OCH3 is 1. The van der Waals surface area contributed by atoms with E-state index in [0.717, 1.165) is 13.0 Å². The Kier molecular flexibility index (Phi) is 6.93. The second-order valence-corrected chi connectivity index (χ2v) is 1.86. The van der Waals surface area contributed by atoms with E-state index in [2.05, 4.69) is 13.3 Å². The van der Waals surface area contributed by atoms with Gasteiger partial charge in [-0.3, -0.25) is 0 Å². The highest BCUT2D eigenvalue weighted by molar-refractivity contribution is 4.61. The third kappa shape index (κ3) is 5.96. The lowest BCUT2D eigenvalue weighted by Crippen LogP contribution is -1.87. The van der Waals surface area contributed by atoms with Crippen LogP contribution < -0.4 is 0 Å². The van der Waals surface area contributed by atoms with Crippen molar-refractivity contribution in [3.63, 3.8) is 0 Å². The molecule has 0 aromatic heterocycles. The fourth-order valence-corrected chi connectivity index (χ4v) is 0.550. The van der Waals surface area contributed by atoms with Crippen LogP contribution in [-0.4, -0.2) is 13.7 Å². The van der Waals surface area contributed by atoms with Gasteiger partial charge in [0.15, 0.2) is 0 Å². The van der Waals surface area contributed by atoms with E-state index in [9.17, 15) is 0 Å². The van der Waals surface area contributed by atoms with Crippen molar-refractivity contribution in [1.29, 1.82) is 0 Å². The molecular formula is C7H15O. The van der Waals surface area contributed by atoms with Crippen LogP contribution in [0.5, 0.6) is 0 Å². The van der Waals surface area contributed by atoms with Crippen molar-refractivity contribution in [2.45, 2.75) is 26.2 Å². The lowest BCUT2D eigenvalue weighted by molar-refractivity contribution is 0.200. The van der Waals surface area contributed by atoms with E-state index in [-0.39, 0.29) is 0 Å². The van der Waals surface area contributed by atoms with Crippen LogP contribution in [0.15, 0.2) is 0 Å². The van der Waals surface area contributed by atoms with Crippen LogP contribution in [0.25, 0.3) is 0 Å². The third-order valence-electron chi connectivity index (χ3n) is 1.02. The smallest absolute Gasteiger partial charge is 0.0465 e. The van der Waals surface area contributed by atoms with Gasteiger partial charge in [0.05, 0.1) is 0 Å².